The van der Waals surface area contributed by atoms with Crippen LogP contribution in [0.3, 0.4) is 0 Å². The highest BCUT2D eigenvalue weighted by molar-refractivity contribution is 5.34. The Morgan fingerprint density at radius 2 is 1.77 bits per heavy atom. The van der Waals surface area contributed by atoms with Gasteiger partial charge in [0.1, 0.15) is 0 Å². The number of hydrogen-bond donors (Lipinski definition) is 1. The molecule has 0 saturated heterocycles. The largest absolute Gasteiger partial charge is 0.370 e. The van der Waals surface area contributed by atoms with Crippen LogP contribution in [0.5, 0.6) is 0 Å². The van der Waals surface area contributed by atoms with Gasteiger partial charge in [0.05, 0.1) is 5.69 Å². The summed E-state index contributed by atoms with van der Waals surface area (Å²) in [5, 5.41) is 17.0. The average molecular weight is 178 g/mol. The van der Waals surface area contributed by atoms with E-state index < -0.39 is 6.23 Å². The second kappa shape index (κ2) is 4.72. The molecule has 0 aliphatic rings. The fraction of sp³-hybridized carbons (Fsp3) is 0.400. The van der Waals surface area contributed by atoms with E-state index in [1.54, 1.807) is 0 Å². The first-order valence-corrected chi connectivity index (χ1v) is 4.34. The van der Waals surface area contributed by atoms with Crippen molar-refractivity contribution in [1.29, 1.82) is 0 Å². The van der Waals surface area contributed by atoms with E-state index in [4.69, 9.17) is 0 Å². The van der Waals surface area contributed by atoms with Crippen LogP contribution in [0.1, 0.15) is 13.8 Å². The van der Waals surface area contributed by atoms with Crippen molar-refractivity contribution in [3.63, 3.8) is 0 Å². The van der Waals surface area contributed by atoms with Crippen LogP contribution in [-0.4, -0.2) is 11.3 Å². The van der Waals surface area contributed by atoms with Gasteiger partial charge in [0, 0.05) is 5.92 Å². The molecule has 1 aromatic rings. The Labute approximate surface area is 78.1 Å². The molecule has 0 aliphatic carbocycles. The van der Waals surface area contributed by atoms with Crippen LogP contribution in [0.25, 0.3) is 0 Å². The first-order valence-electron chi connectivity index (χ1n) is 4.34. The summed E-state index contributed by atoms with van der Waals surface area (Å²) in [6, 6.07) is 9.37. The summed E-state index contributed by atoms with van der Waals surface area (Å²) >= 11 is 0. The monoisotopic (exact) mass is 178 g/mol. The van der Waals surface area contributed by atoms with Crippen molar-refractivity contribution in [2.24, 2.45) is 16.1 Å². The minimum atomic E-state index is -0.708. The zero-order chi connectivity index (χ0) is 9.68. The molecule has 1 rings (SSSR count). The van der Waals surface area contributed by atoms with E-state index in [1.807, 2.05) is 44.2 Å². The highest BCUT2D eigenvalue weighted by Gasteiger charge is 2.05. The smallest absolute Gasteiger partial charge is 0.168 e. The third kappa shape index (κ3) is 3.34. The highest BCUT2D eigenvalue weighted by atomic mass is 16.3. The van der Waals surface area contributed by atoms with Crippen molar-refractivity contribution >= 4 is 5.69 Å². The molecule has 0 radical (unpaired) electrons. The molecule has 70 valence electrons. The lowest BCUT2D eigenvalue weighted by Crippen LogP contribution is -2.09. The summed E-state index contributed by atoms with van der Waals surface area (Å²) < 4.78 is 0. The zero-order valence-corrected chi connectivity index (χ0v) is 7.88. The van der Waals surface area contributed by atoms with E-state index in [1.165, 1.54) is 0 Å². The lowest BCUT2D eigenvalue weighted by molar-refractivity contribution is 0.127. The summed E-state index contributed by atoms with van der Waals surface area (Å²) in [6.45, 7) is 3.80. The Morgan fingerprint density at radius 3 is 2.31 bits per heavy atom. The van der Waals surface area contributed by atoms with Crippen molar-refractivity contribution < 1.29 is 5.11 Å². The van der Waals surface area contributed by atoms with Crippen molar-refractivity contribution in [3.8, 4) is 0 Å². The SMILES string of the molecule is CC(C)C(O)N=Nc1ccccc1. The summed E-state index contributed by atoms with van der Waals surface area (Å²) in [7, 11) is 0. The van der Waals surface area contributed by atoms with E-state index in [0.29, 0.717) is 0 Å². The van der Waals surface area contributed by atoms with Gasteiger partial charge in [0.2, 0.25) is 0 Å². The van der Waals surface area contributed by atoms with Crippen LogP contribution in [0.15, 0.2) is 40.6 Å². The predicted octanol–water partition coefficient (Wildman–Crippen LogP) is 2.74. The quantitative estimate of drug-likeness (QED) is 0.710. The maximum atomic E-state index is 9.33. The van der Waals surface area contributed by atoms with Gasteiger partial charge in [-0.05, 0) is 12.1 Å². The molecule has 13 heavy (non-hydrogen) atoms. The van der Waals surface area contributed by atoms with Crippen molar-refractivity contribution in [3.05, 3.63) is 30.3 Å². The van der Waals surface area contributed by atoms with Crippen molar-refractivity contribution in [1.82, 2.24) is 0 Å². The topological polar surface area (TPSA) is 45.0 Å². The Hall–Kier alpha value is -1.22. The molecule has 0 heterocycles. The molecular weight excluding hydrogens is 164 g/mol. The van der Waals surface area contributed by atoms with Gasteiger partial charge in [0.25, 0.3) is 0 Å². The number of aliphatic hydroxyl groups excluding tert-OH is 1. The van der Waals surface area contributed by atoms with Gasteiger partial charge in [-0.25, -0.2) is 0 Å². The molecule has 0 spiro atoms. The maximum absolute atomic E-state index is 9.33. The second-order valence-corrected chi connectivity index (χ2v) is 3.21. The minimum Gasteiger partial charge on any atom is -0.370 e. The molecule has 3 heteroatoms. The Balaban J connectivity index is 2.59. The van der Waals surface area contributed by atoms with Gasteiger partial charge in [0.15, 0.2) is 6.23 Å². The van der Waals surface area contributed by atoms with Gasteiger partial charge in [-0.2, -0.15) is 10.2 Å². The van der Waals surface area contributed by atoms with Crippen molar-refractivity contribution in [2.45, 2.75) is 20.1 Å². The number of rotatable bonds is 3. The lowest BCUT2D eigenvalue weighted by atomic mass is 10.2. The molecule has 0 saturated carbocycles. The first kappa shape index (κ1) is 9.86. The Kier molecular flexibility index (Phi) is 3.58. The van der Waals surface area contributed by atoms with E-state index in [-0.39, 0.29) is 5.92 Å². The number of hydrogen-bond acceptors (Lipinski definition) is 3. The molecule has 0 aliphatic heterocycles. The fourth-order valence-electron chi connectivity index (χ4n) is 0.754. The molecule has 0 bridgehead atoms. The standard InChI is InChI=1S/C10H14N2O/c1-8(2)10(13)12-11-9-6-4-3-5-7-9/h3-8,10,13H,1-2H3. The Bertz CT molecular complexity index is 270. The lowest BCUT2D eigenvalue weighted by Gasteiger charge is -2.06. The first-order chi connectivity index (χ1) is 6.20. The molecule has 1 atom stereocenters. The molecule has 0 amide bonds. The zero-order valence-electron chi connectivity index (χ0n) is 7.88. The molecule has 0 fully saturated rings. The summed E-state index contributed by atoms with van der Waals surface area (Å²) in [5.74, 6) is 0.104. The average Bonchev–Trinajstić information content (AvgIpc) is 2.15. The van der Waals surface area contributed by atoms with E-state index in [0.717, 1.165) is 5.69 Å². The van der Waals surface area contributed by atoms with Crippen LogP contribution in [0.2, 0.25) is 0 Å². The van der Waals surface area contributed by atoms with E-state index in [9.17, 15) is 5.11 Å². The van der Waals surface area contributed by atoms with Crippen LogP contribution in [0, 0.1) is 5.92 Å². The third-order valence-corrected chi connectivity index (χ3v) is 1.64. The van der Waals surface area contributed by atoms with Gasteiger partial charge >= 0.3 is 0 Å². The van der Waals surface area contributed by atoms with E-state index >= 15 is 0 Å². The third-order valence-electron chi connectivity index (χ3n) is 1.64. The van der Waals surface area contributed by atoms with Gasteiger partial charge < -0.3 is 5.11 Å². The summed E-state index contributed by atoms with van der Waals surface area (Å²) in [5.41, 5.74) is 0.766. The molecule has 3 nitrogen and oxygen atoms in total. The fourth-order valence-corrected chi connectivity index (χ4v) is 0.754. The summed E-state index contributed by atoms with van der Waals surface area (Å²) in [6.07, 6.45) is -0.708. The Morgan fingerprint density at radius 1 is 1.15 bits per heavy atom. The highest BCUT2D eigenvalue weighted by Crippen LogP contribution is 2.12. The molecule has 1 unspecified atom stereocenters. The molecule has 1 aromatic carbocycles. The van der Waals surface area contributed by atoms with Crippen LogP contribution < -0.4 is 0 Å². The number of benzene rings is 1. The maximum Gasteiger partial charge on any atom is 0.168 e. The van der Waals surface area contributed by atoms with Gasteiger partial charge in [-0.15, -0.1) is 0 Å². The molecule has 1 N–H and O–H groups in total. The van der Waals surface area contributed by atoms with Crippen LogP contribution >= 0.6 is 0 Å². The van der Waals surface area contributed by atoms with Crippen LogP contribution in [0.4, 0.5) is 5.69 Å². The number of nitrogens with zero attached hydrogens (tertiary/aromatic N) is 2. The predicted molar refractivity (Wildman–Crippen MR) is 51.8 cm³/mol. The van der Waals surface area contributed by atoms with Crippen LogP contribution in [-0.2, 0) is 0 Å². The minimum absolute atomic E-state index is 0.104. The molecule has 0 aromatic heterocycles. The van der Waals surface area contributed by atoms with Crippen molar-refractivity contribution in [2.75, 3.05) is 0 Å². The second-order valence-electron chi connectivity index (χ2n) is 3.21. The van der Waals surface area contributed by atoms with Gasteiger partial charge in [-0.1, -0.05) is 32.0 Å². The summed E-state index contributed by atoms with van der Waals surface area (Å²) in [4.78, 5) is 0. The van der Waals surface area contributed by atoms with E-state index in [2.05, 4.69) is 10.2 Å². The number of aliphatic hydroxyl groups is 1. The molecular formula is C10H14N2O. The normalized spacial score (nSPS) is 13.8. The number of azo groups is 1. The van der Waals surface area contributed by atoms with Gasteiger partial charge in [-0.3, -0.25) is 0 Å².